The fraction of sp³-hybridized carbons (Fsp3) is 0.217. The van der Waals surface area contributed by atoms with Crippen molar-refractivity contribution >= 4 is 20.4 Å². The zero-order chi connectivity index (χ0) is 24.2. The monoisotopic (exact) mass is 502 g/mol. The Morgan fingerprint density at radius 2 is 1.06 bits per heavy atom. The van der Waals surface area contributed by atoms with E-state index in [1.807, 2.05) is 0 Å². The molecule has 0 aromatic heterocycles. The second kappa shape index (κ2) is 9.84. The van der Waals surface area contributed by atoms with E-state index < -0.39 is 51.1 Å². The number of aliphatic hydroxyl groups excluding tert-OH is 1. The Labute approximate surface area is 191 Å². The largest absolute Gasteiger partial charge is 0.432 e. The first-order valence-electron chi connectivity index (χ1n) is 9.89. The van der Waals surface area contributed by atoms with E-state index in [4.69, 9.17) is 8.74 Å². The summed E-state index contributed by atoms with van der Waals surface area (Å²) in [4.78, 5) is 0.710. The first kappa shape index (κ1) is 25.2. The molecule has 10 heteroatoms. The minimum atomic E-state index is -6.18. The summed E-state index contributed by atoms with van der Waals surface area (Å²) in [6.07, 6.45) is -2.23. The number of hydrogen-bond donors (Lipinski definition) is 1. The van der Waals surface area contributed by atoms with Crippen molar-refractivity contribution in [3.05, 3.63) is 91.0 Å². The summed E-state index contributed by atoms with van der Waals surface area (Å²) in [5, 5.41) is 3.24. The topological polar surface area (TPSA) is 63.6 Å². The van der Waals surface area contributed by atoms with Crippen LogP contribution in [0, 0.1) is 0 Å². The highest BCUT2D eigenvalue weighted by molar-refractivity contribution is 8.33. The van der Waals surface area contributed by atoms with E-state index in [1.165, 1.54) is 36.4 Å². The van der Waals surface area contributed by atoms with Crippen LogP contribution in [0.15, 0.2) is 106 Å². The molecular formula is C23H22F4O4S2. The van der Waals surface area contributed by atoms with Crippen LogP contribution in [0.4, 0.5) is 17.6 Å². The van der Waals surface area contributed by atoms with Gasteiger partial charge in [-0.3, -0.25) is 0 Å². The summed E-state index contributed by atoms with van der Waals surface area (Å²) in [6.45, 7) is -0.792. The van der Waals surface area contributed by atoms with Crippen LogP contribution in [0.3, 0.4) is 0 Å². The molecule has 0 aliphatic rings. The van der Waals surface area contributed by atoms with Crippen molar-refractivity contribution in [1.29, 1.82) is 0 Å². The van der Waals surface area contributed by atoms with Gasteiger partial charge in [0.2, 0.25) is 0 Å². The molecule has 178 valence electrons. The van der Waals surface area contributed by atoms with Crippen molar-refractivity contribution in [3.63, 3.8) is 0 Å². The summed E-state index contributed by atoms with van der Waals surface area (Å²) >= 11 is 0. The van der Waals surface area contributed by atoms with Crippen molar-refractivity contribution in [3.8, 4) is 0 Å². The highest BCUT2D eigenvalue weighted by Gasteiger charge is 2.67. The third-order valence-electron chi connectivity index (χ3n) is 4.81. The Kier molecular flexibility index (Phi) is 7.52. The Morgan fingerprint density at radius 1 is 0.697 bits per heavy atom. The zero-order valence-electron chi connectivity index (χ0n) is 17.3. The van der Waals surface area contributed by atoms with Gasteiger partial charge in [-0.2, -0.15) is 26.0 Å². The Morgan fingerprint density at radius 3 is 1.39 bits per heavy atom. The fourth-order valence-electron chi connectivity index (χ4n) is 3.17. The van der Waals surface area contributed by atoms with E-state index in [9.17, 15) is 26.0 Å². The quantitative estimate of drug-likeness (QED) is 0.334. The number of alkyl halides is 4. The summed E-state index contributed by atoms with van der Waals surface area (Å²) < 4.78 is 89.5. The van der Waals surface area contributed by atoms with Crippen molar-refractivity contribution in [1.82, 2.24) is 0 Å². The van der Waals surface area contributed by atoms with Crippen molar-refractivity contribution in [2.75, 3.05) is 6.61 Å². The van der Waals surface area contributed by atoms with Gasteiger partial charge in [-0.15, -0.1) is 0 Å². The molecule has 4 nitrogen and oxygen atoms in total. The number of benzene rings is 3. The maximum Gasteiger partial charge on any atom is 0.432 e. The lowest BCUT2D eigenvalue weighted by atomic mass is 10.2. The predicted molar refractivity (Wildman–Crippen MR) is 118 cm³/mol. The van der Waals surface area contributed by atoms with Gasteiger partial charge in [0, 0.05) is 27.7 Å². The number of rotatable bonds is 10. The van der Waals surface area contributed by atoms with E-state index in [0.717, 1.165) is 0 Å². The second-order valence-electron chi connectivity index (χ2n) is 7.07. The molecule has 0 unspecified atom stereocenters. The van der Waals surface area contributed by atoms with Gasteiger partial charge in [0.15, 0.2) is 0 Å². The smallest absolute Gasteiger partial charge is 0.396 e. The number of halogens is 4. The summed E-state index contributed by atoms with van der Waals surface area (Å²) in [7, 11) is -9.58. The second-order valence-corrected chi connectivity index (χ2v) is 11.6. The molecule has 3 aromatic rings. The van der Waals surface area contributed by atoms with E-state index in [1.54, 1.807) is 54.6 Å². The maximum atomic E-state index is 14.8. The lowest BCUT2D eigenvalue weighted by Crippen LogP contribution is -2.48. The molecule has 0 bridgehead atoms. The van der Waals surface area contributed by atoms with Crippen LogP contribution < -0.4 is 0 Å². The molecule has 0 spiro atoms. The van der Waals surface area contributed by atoms with Crippen molar-refractivity contribution < 1.29 is 34.7 Å². The molecule has 0 atom stereocenters. The van der Waals surface area contributed by atoms with Gasteiger partial charge >= 0.3 is 21.3 Å². The highest BCUT2D eigenvalue weighted by Crippen LogP contribution is 2.70. The molecule has 0 aliphatic heterocycles. The minimum Gasteiger partial charge on any atom is -0.396 e. The molecule has 33 heavy (non-hydrogen) atoms. The van der Waals surface area contributed by atoms with E-state index in [0.29, 0.717) is 0 Å². The van der Waals surface area contributed by atoms with Gasteiger partial charge in [0.05, 0.1) is 0 Å². The van der Waals surface area contributed by atoms with Gasteiger partial charge in [0.25, 0.3) is 0 Å². The molecule has 3 aromatic carbocycles. The van der Waals surface area contributed by atoms with Gasteiger partial charge in [-0.25, -0.2) is 3.63 Å². The van der Waals surface area contributed by atoms with Gasteiger partial charge in [-0.05, 0) is 53.1 Å². The Bertz CT molecular complexity index is 1050. The average Bonchev–Trinajstić information content (AvgIpc) is 2.82. The number of aliphatic hydroxyl groups is 1. The highest BCUT2D eigenvalue weighted by atomic mass is 32.3. The van der Waals surface area contributed by atoms with Crippen LogP contribution in [-0.4, -0.2) is 31.3 Å². The van der Waals surface area contributed by atoms with Gasteiger partial charge < -0.3 is 5.11 Å². The van der Waals surface area contributed by atoms with Crippen LogP contribution in [-0.2, 0) is 13.7 Å². The summed E-state index contributed by atoms with van der Waals surface area (Å²) in [6, 6.07) is 23.4. The van der Waals surface area contributed by atoms with Crippen molar-refractivity contribution in [2.45, 2.75) is 38.7 Å². The average molecular weight is 503 g/mol. The van der Waals surface area contributed by atoms with Crippen LogP contribution in [0.25, 0.3) is 0 Å². The third-order valence-corrected chi connectivity index (χ3v) is 10.1. The lowest BCUT2D eigenvalue weighted by Gasteiger charge is -2.40. The fourth-order valence-corrected chi connectivity index (χ4v) is 8.43. The molecule has 0 amide bonds. The zero-order valence-corrected chi connectivity index (χ0v) is 18.9. The van der Waals surface area contributed by atoms with Gasteiger partial charge in [-0.1, -0.05) is 54.6 Å². The standard InChI is InChI=1S/C23H22F4O4S2/c24-22(25,17-10-18-28)23(26,27)33(29,30)31-32(19-11-4-1-5-12-19,20-13-6-2-7-14-20)21-15-8-3-9-16-21/h1-9,11-16,28H,10,17-18H2. The summed E-state index contributed by atoms with van der Waals surface area (Å²) in [5.41, 5.74) is 0. The first-order valence-corrected chi connectivity index (χ1v) is 12.9. The van der Waals surface area contributed by atoms with Crippen LogP contribution >= 0.6 is 10.3 Å². The maximum absolute atomic E-state index is 14.8. The molecular weight excluding hydrogens is 480 g/mol. The molecule has 3 rings (SSSR count). The lowest BCUT2D eigenvalue weighted by molar-refractivity contribution is -0.165. The SMILES string of the molecule is O=S(=O)(OS(c1ccccc1)(c1ccccc1)c1ccccc1)C(F)(F)C(F)(F)CCCO. The van der Waals surface area contributed by atoms with E-state index in [2.05, 4.69) is 0 Å². The summed E-state index contributed by atoms with van der Waals surface area (Å²) in [5.74, 6) is -4.95. The van der Waals surface area contributed by atoms with Gasteiger partial charge in [0.1, 0.15) is 0 Å². The Hall–Kier alpha value is -2.40. The molecule has 0 heterocycles. The molecule has 0 aliphatic carbocycles. The van der Waals surface area contributed by atoms with Crippen LogP contribution in [0.1, 0.15) is 12.8 Å². The molecule has 0 saturated heterocycles. The molecule has 0 radical (unpaired) electrons. The predicted octanol–water partition coefficient (Wildman–Crippen LogP) is 6.23. The Balaban J connectivity index is 2.27. The normalized spacial score (nSPS) is 13.6. The van der Waals surface area contributed by atoms with Crippen LogP contribution in [0.5, 0.6) is 0 Å². The first-order chi connectivity index (χ1) is 15.6. The minimum absolute atomic E-state index is 0.237. The molecule has 0 fully saturated rings. The van der Waals surface area contributed by atoms with Crippen LogP contribution in [0.2, 0.25) is 0 Å². The van der Waals surface area contributed by atoms with E-state index in [-0.39, 0.29) is 14.7 Å². The van der Waals surface area contributed by atoms with E-state index >= 15 is 0 Å². The molecule has 1 N–H and O–H groups in total. The number of hydrogen-bond acceptors (Lipinski definition) is 4. The molecule has 0 saturated carbocycles. The van der Waals surface area contributed by atoms with Crippen molar-refractivity contribution in [2.24, 2.45) is 0 Å². The third kappa shape index (κ3) is 4.79.